The normalized spacial score (nSPS) is 10.3. The van der Waals surface area contributed by atoms with E-state index in [1.807, 2.05) is 42.5 Å². The summed E-state index contributed by atoms with van der Waals surface area (Å²) in [5.74, 6) is -0.209. The van der Waals surface area contributed by atoms with Crippen LogP contribution in [0, 0.1) is 0 Å². The van der Waals surface area contributed by atoms with Crippen LogP contribution in [-0.2, 0) is 0 Å². The Hall–Kier alpha value is -3.34. The van der Waals surface area contributed by atoms with Crippen LogP contribution >= 0.6 is 0 Å². The highest BCUT2D eigenvalue weighted by molar-refractivity contribution is 6.09. The molecule has 3 aromatic rings. The fraction of sp³-hybridized carbons (Fsp3) is 0.100. The minimum absolute atomic E-state index is 0.00473. The van der Waals surface area contributed by atoms with Gasteiger partial charge in [0.15, 0.2) is 5.78 Å². The predicted molar refractivity (Wildman–Crippen MR) is 95.5 cm³/mol. The molecule has 0 amide bonds. The van der Waals surface area contributed by atoms with E-state index in [9.17, 15) is 9.59 Å². The molecule has 5 nitrogen and oxygen atoms in total. The molecule has 0 aliphatic rings. The van der Waals surface area contributed by atoms with Gasteiger partial charge in [0.1, 0.15) is 0 Å². The maximum absolute atomic E-state index is 12.7. The van der Waals surface area contributed by atoms with Gasteiger partial charge in [0.2, 0.25) is 17.1 Å². The van der Waals surface area contributed by atoms with Crippen LogP contribution in [0.5, 0.6) is 11.6 Å². The molecule has 0 saturated heterocycles. The number of aromatic amines is 1. The van der Waals surface area contributed by atoms with Gasteiger partial charge in [-0.05, 0) is 11.1 Å². The molecule has 3 rings (SSSR count). The number of hydrogen-bond acceptors (Lipinski definition) is 4. The lowest BCUT2D eigenvalue weighted by Gasteiger charge is -2.08. The molecule has 2 aromatic carbocycles. The smallest absolute Gasteiger partial charge is 0.238 e. The lowest BCUT2D eigenvalue weighted by atomic mass is 10.00. The highest BCUT2D eigenvalue weighted by Gasteiger charge is 2.19. The molecule has 0 aliphatic carbocycles. The zero-order valence-electron chi connectivity index (χ0n) is 13.9. The largest absolute Gasteiger partial charge is 0.488 e. The second-order valence-corrected chi connectivity index (χ2v) is 5.37. The topological polar surface area (TPSA) is 68.4 Å². The third-order valence-corrected chi connectivity index (χ3v) is 3.91. The maximum atomic E-state index is 12.7. The van der Waals surface area contributed by atoms with Gasteiger partial charge in [-0.2, -0.15) is 0 Å². The second-order valence-electron chi connectivity index (χ2n) is 5.37. The molecule has 0 bridgehead atoms. The van der Waals surface area contributed by atoms with Crippen molar-refractivity contribution in [2.45, 2.75) is 0 Å². The average Bonchev–Trinajstić information content (AvgIpc) is 2.68. The third-order valence-electron chi connectivity index (χ3n) is 3.91. The molecule has 25 heavy (non-hydrogen) atoms. The first-order valence-electron chi connectivity index (χ1n) is 7.69. The maximum Gasteiger partial charge on any atom is 0.238 e. The first kappa shape index (κ1) is 16.5. The number of pyridine rings is 1. The Bertz CT molecular complexity index is 944. The molecule has 1 aromatic heterocycles. The minimum atomic E-state index is -0.504. The van der Waals surface area contributed by atoms with Gasteiger partial charge in [0.25, 0.3) is 0 Å². The molecular weight excluding hydrogens is 318 g/mol. The number of nitrogens with one attached hydrogen (secondary N) is 1. The number of aromatic nitrogens is 1. The number of ketones is 1. The van der Waals surface area contributed by atoms with Crippen molar-refractivity contribution < 1.29 is 14.3 Å². The van der Waals surface area contributed by atoms with Gasteiger partial charge in [-0.15, -0.1) is 0 Å². The van der Waals surface area contributed by atoms with Crippen LogP contribution in [0.15, 0.2) is 65.6 Å². The molecule has 0 spiro atoms. The Morgan fingerprint density at radius 1 is 0.880 bits per heavy atom. The monoisotopic (exact) mass is 335 g/mol. The number of ether oxygens (including phenoxy) is 2. The fourth-order valence-corrected chi connectivity index (χ4v) is 2.60. The third kappa shape index (κ3) is 3.17. The minimum Gasteiger partial charge on any atom is -0.488 e. The van der Waals surface area contributed by atoms with Gasteiger partial charge >= 0.3 is 0 Å². The summed E-state index contributed by atoms with van der Waals surface area (Å²) in [5, 5.41) is 0. The molecule has 1 N–H and O–H groups in total. The van der Waals surface area contributed by atoms with E-state index in [4.69, 9.17) is 9.47 Å². The molecule has 0 aliphatic heterocycles. The molecule has 0 fully saturated rings. The number of H-pyrrole nitrogens is 1. The van der Waals surface area contributed by atoms with Crippen LogP contribution < -0.4 is 14.9 Å². The number of methoxy groups -OCH3 is 2. The molecule has 0 unspecified atom stereocenters. The van der Waals surface area contributed by atoms with Gasteiger partial charge in [-0.3, -0.25) is 9.59 Å². The van der Waals surface area contributed by atoms with Gasteiger partial charge < -0.3 is 14.5 Å². The van der Waals surface area contributed by atoms with Crippen LogP contribution in [0.4, 0.5) is 0 Å². The molecule has 0 radical (unpaired) electrons. The predicted octanol–water partition coefficient (Wildman–Crippen LogP) is 3.29. The van der Waals surface area contributed by atoms with E-state index in [2.05, 4.69) is 4.98 Å². The molecule has 0 atom stereocenters. The number of carbonyl (C=O) groups excluding carboxylic acids is 1. The Labute approximate surface area is 144 Å². The van der Waals surface area contributed by atoms with Crippen molar-refractivity contribution in [3.63, 3.8) is 0 Å². The molecule has 5 heteroatoms. The van der Waals surface area contributed by atoms with E-state index < -0.39 is 5.43 Å². The van der Waals surface area contributed by atoms with E-state index >= 15 is 0 Å². The zero-order chi connectivity index (χ0) is 17.8. The first-order chi connectivity index (χ1) is 12.2. The Balaban J connectivity index is 1.95. The van der Waals surface area contributed by atoms with Crippen LogP contribution in [0.25, 0.3) is 11.1 Å². The zero-order valence-corrected chi connectivity index (χ0v) is 13.9. The molecular formula is C20H17NO4. The van der Waals surface area contributed by atoms with Crippen molar-refractivity contribution in [2.75, 3.05) is 14.2 Å². The Morgan fingerprint density at radius 2 is 1.52 bits per heavy atom. The van der Waals surface area contributed by atoms with Crippen molar-refractivity contribution in [1.29, 1.82) is 0 Å². The number of rotatable bonds is 5. The van der Waals surface area contributed by atoms with Gasteiger partial charge in [-0.1, -0.05) is 54.6 Å². The van der Waals surface area contributed by atoms with Crippen molar-refractivity contribution in [2.24, 2.45) is 0 Å². The SMILES string of the molecule is COc1[nH]cc(C(=O)c2ccc(-c3ccccc3)cc2)c(=O)c1OC. The fourth-order valence-electron chi connectivity index (χ4n) is 2.60. The van der Waals surface area contributed by atoms with E-state index in [1.54, 1.807) is 12.1 Å². The molecule has 1 heterocycles. The summed E-state index contributed by atoms with van der Waals surface area (Å²) in [5.41, 5.74) is 1.99. The highest BCUT2D eigenvalue weighted by atomic mass is 16.5. The Kier molecular flexibility index (Phi) is 4.66. The Morgan fingerprint density at radius 3 is 2.12 bits per heavy atom. The van der Waals surface area contributed by atoms with Gasteiger partial charge in [0, 0.05) is 11.8 Å². The molecule has 0 saturated carbocycles. The summed E-state index contributed by atoms with van der Waals surface area (Å²) >= 11 is 0. The van der Waals surface area contributed by atoms with Crippen molar-refractivity contribution >= 4 is 5.78 Å². The lowest BCUT2D eigenvalue weighted by Crippen LogP contribution is -2.18. The standard InChI is InChI=1S/C20H17NO4/c1-24-19-18(23)16(12-21-20(19)25-2)17(22)15-10-8-14(9-11-15)13-6-4-3-5-7-13/h3-12H,1-2H3,(H,21,23). The summed E-state index contributed by atoms with van der Waals surface area (Å²) in [4.78, 5) is 27.9. The number of hydrogen-bond donors (Lipinski definition) is 1. The quantitative estimate of drug-likeness (QED) is 0.727. The van der Waals surface area contributed by atoms with E-state index in [1.165, 1.54) is 20.4 Å². The van der Waals surface area contributed by atoms with Gasteiger partial charge in [0.05, 0.1) is 19.8 Å². The first-order valence-corrected chi connectivity index (χ1v) is 7.69. The van der Waals surface area contributed by atoms with Crippen LogP contribution in [0.1, 0.15) is 15.9 Å². The van der Waals surface area contributed by atoms with Crippen molar-refractivity contribution in [1.82, 2.24) is 4.98 Å². The van der Waals surface area contributed by atoms with Gasteiger partial charge in [-0.25, -0.2) is 0 Å². The number of benzene rings is 2. The van der Waals surface area contributed by atoms with E-state index in [0.29, 0.717) is 5.56 Å². The van der Waals surface area contributed by atoms with Crippen molar-refractivity contribution in [3.8, 4) is 22.8 Å². The summed E-state index contributed by atoms with van der Waals surface area (Å²) in [6.45, 7) is 0. The summed E-state index contributed by atoms with van der Waals surface area (Å²) in [6.07, 6.45) is 1.34. The number of carbonyl (C=O) groups is 1. The molecule has 126 valence electrons. The summed E-state index contributed by atoms with van der Waals surface area (Å²) in [7, 11) is 2.77. The van der Waals surface area contributed by atoms with Crippen LogP contribution in [0.2, 0.25) is 0 Å². The summed E-state index contributed by atoms with van der Waals surface area (Å²) < 4.78 is 10.1. The van der Waals surface area contributed by atoms with E-state index in [-0.39, 0.29) is 23.0 Å². The van der Waals surface area contributed by atoms with Crippen LogP contribution in [0.3, 0.4) is 0 Å². The second kappa shape index (κ2) is 7.05. The van der Waals surface area contributed by atoms with Crippen LogP contribution in [-0.4, -0.2) is 25.0 Å². The van der Waals surface area contributed by atoms with E-state index in [0.717, 1.165) is 11.1 Å². The highest BCUT2D eigenvalue weighted by Crippen LogP contribution is 2.22. The average molecular weight is 335 g/mol. The lowest BCUT2D eigenvalue weighted by molar-refractivity contribution is 0.103. The van der Waals surface area contributed by atoms with Crippen molar-refractivity contribution in [3.05, 3.63) is 82.1 Å². The summed E-state index contributed by atoms with van der Waals surface area (Å²) in [6, 6.07) is 17.0.